The quantitative estimate of drug-likeness (QED) is 0.825. The molecule has 2 aromatic rings. The van der Waals surface area contributed by atoms with E-state index in [-0.39, 0.29) is 27.4 Å². The van der Waals surface area contributed by atoms with Crippen molar-refractivity contribution in [3.63, 3.8) is 0 Å². The van der Waals surface area contributed by atoms with E-state index < -0.39 is 28.0 Å². The molecular formula is C11H11Cl2F2N5O3S. The van der Waals surface area contributed by atoms with E-state index in [1.54, 1.807) is 0 Å². The van der Waals surface area contributed by atoms with Crippen molar-refractivity contribution in [2.45, 2.75) is 13.3 Å². The molecule has 0 saturated carbocycles. The van der Waals surface area contributed by atoms with E-state index in [1.807, 2.05) is 0 Å². The first kappa shape index (κ1) is 18.6. The van der Waals surface area contributed by atoms with Crippen molar-refractivity contribution in [1.82, 2.24) is 19.3 Å². The van der Waals surface area contributed by atoms with E-state index in [4.69, 9.17) is 23.2 Å². The van der Waals surface area contributed by atoms with Crippen LogP contribution in [0, 0.1) is 0 Å². The van der Waals surface area contributed by atoms with E-state index in [2.05, 4.69) is 14.8 Å². The largest absolute Gasteiger partial charge is 0.352 e. The molecule has 0 radical (unpaired) electrons. The standard InChI is InChI=1S/C11H11Cl2F2N5O3S/c1-3-24(22,23)18-8-5(12)4-6(13)9(16-8)20-11(21)19(2)10(17-20)7(14)15/h4,7H,3H2,1-2H3,(H,16,18). The van der Waals surface area contributed by atoms with Crippen LogP contribution in [-0.2, 0) is 17.1 Å². The van der Waals surface area contributed by atoms with Gasteiger partial charge in [0.1, 0.15) is 0 Å². The van der Waals surface area contributed by atoms with Gasteiger partial charge in [-0.1, -0.05) is 23.2 Å². The molecule has 2 aromatic heterocycles. The average molecular weight is 402 g/mol. The fourth-order valence-corrected chi connectivity index (χ4v) is 2.81. The Labute approximate surface area is 145 Å². The molecule has 0 atom stereocenters. The molecule has 2 heterocycles. The van der Waals surface area contributed by atoms with Crippen molar-refractivity contribution in [2.24, 2.45) is 7.05 Å². The van der Waals surface area contributed by atoms with E-state index in [0.29, 0.717) is 9.25 Å². The average Bonchev–Trinajstić information content (AvgIpc) is 2.78. The Morgan fingerprint density at radius 3 is 2.46 bits per heavy atom. The number of rotatable bonds is 5. The lowest BCUT2D eigenvalue weighted by Gasteiger charge is -2.10. The Kier molecular flexibility index (Phi) is 5.16. The zero-order valence-electron chi connectivity index (χ0n) is 12.3. The second kappa shape index (κ2) is 6.65. The van der Waals surface area contributed by atoms with Crippen molar-refractivity contribution < 1.29 is 17.2 Å². The maximum Gasteiger partial charge on any atom is 0.352 e. The molecule has 8 nitrogen and oxygen atoms in total. The van der Waals surface area contributed by atoms with Crippen LogP contribution in [0.3, 0.4) is 0 Å². The van der Waals surface area contributed by atoms with Gasteiger partial charge in [0, 0.05) is 7.05 Å². The Hall–Kier alpha value is -1.72. The van der Waals surface area contributed by atoms with E-state index in [1.165, 1.54) is 6.92 Å². The predicted octanol–water partition coefficient (Wildman–Crippen LogP) is 1.97. The molecule has 0 aromatic carbocycles. The van der Waals surface area contributed by atoms with Crippen molar-refractivity contribution in [2.75, 3.05) is 10.5 Å². The van der Waals surface area contributed by atoms with Crippen LogP contribution in [-0.4, -0.2) is 33.5 Å². The summed E-state index contributed by atoms with van der Waals surface area (Å²) in [5.41, 5.74) is -0.925. The van der Waals surface area contributed by atoms with Gasteiger partial charge < -0.3 is 0 Å². The van der Waals surface area contributed by atoms with Gasteiger partial charge in [0.2, 0.25) is 15.8 Å². The summed E-state index contributed by atoms with van der Waals surface area (Å²) >= 11 is 11.8. The third-order valence-corrected chi connectivity index (χ3v) is 4.78. The number of aromatic nitrogens is 4. The highest BCUT2D eigenvalue weighted by Gasteiger charge is 2.23. The summed E-state index contributed by atoms with van der Waals surface area (Å²) < 4.78 is 52.3. The molecule has 0 amide bonds. The molecule has 0 fully saturated rings. The monoisotopic (exact) mass is 401 g/mol. The number of pyridine rings is 1. The molecule has 0 aliphatic heterocycles. The van der Waals surface area contributed by atoms with Gasteiger partial charge in [-0.2, -0.15) is 4.68 Å². The number of hydrogen-bond acceptors (Lipinski definition) is 5. The van der Waals surface area contributed by atoms with Crippen LogP contribution in [0.15, 0.2) is 10.9 Å². The van der Waals surface area contributed by atoms with Gasteiger partial charge in [-0.3, -0.25) is 9.29 Å². The van der Waals surface area contributed by atoms with Crippen molar-refractivity contribution in [1.29, 1.82) is 0 Å². The molecule has 0 bridgehead atoms. The number of halogens is 4. The summed E-state index contributed by atoms with van der Waals surface area (Å²) in [6.45, 7) is 1.39. The van der Waals surface area contributed by atoms with Crippen LogP contribution in [0.5, 0.6) is 0 Å². The first-order chi connectivity index (χ1) is 11.1. The number of sulfonamides is 1. The molecule has 0 spiro atoms. The summed E-state index contributed by atoms with van der Waals surface area (Å²) in [6.07, 6.45) is -2.99. The molecular weight excluding hydrogens is 391 g/mol. The second-order valence-corrected chi connectivity index (χ2v) is 7.37. The summed E-state index contributed by atoms with van der Waals surface area (Å²) in [7, 11) is -2.60. The van der Waals surface area contributed by atoms with Gasteiger partial charge in [-0.25, -0.2) is 27.0 Å². The minimum atomic E-state index is -3.71. The Balaban J connectivity index is 2.64. The molecule has 0 saturated heterocycles. The molecule has 2 rings (SSSR count). The Bertz CT molecular complexity index is 942. The lowest BCUT2D eigenvalue weighted by Crippen LogP contribution is -2.24. The first-order valence-corrected chi connectivity index (χ1v) is 8.79. The van der Waals surface area contributed by atoms with Crippen molar-refractivity contribution >= 4 is 39.0 Å². The fraction of sp³-hybridized carbons (Fsp3) is 0.364. The topological polar surface area (TPSA) is 98.9 Å². The SMILES string of the molecule is CCS(=O)(=O)Nc1nc(-n2nc(C(F)F)n(C)c2=O)c(Cl)cc1Cl. The number of nitrogens with zero attached hydrogens (tertiary/aromatic N) is 4. The predicted molar refractivity (Wildman–Crippen MR) is 84.7 cm³/mol. The summed E-state index contributed by atoms with van der Waals surface area (Å²) in [5, 5.41) is 3.18. The minimum absolute atomic E-state index is 0.126. The highest BCUT2D eigenvalue weighted by molar-refractivity contribution is 7.92. The lowest BCUT2D eigenvalue weighted by molar-refractivity contribution is 0.136. The fourth-order valence-electron chi connectivity index (χ4n) is 1.68. The van der Waals surface area contributed by atoms with E-state index in [0.717, 1.165) is 13.1 Å². The molecule has 1 N–H and O–H groups in total. The lowest BCUT2D eigenvalue weighted by atomic mass is 10.4. The van der Waals surface area contributed by atoms with Crippen LogP contribution >= 0.6 is 23.2 Å². The molecule has 24 heavy (non-hydrogen) atoms. The number of alkyl halides is 2. The zero-order chi connectivity index (χ0) is 18.2. The smallest absolute Gasteiger partial charge is 0.277 e. The molecule has 132 valence electrons. The maximum absolute atomic E-state index is 12.8. The molecule has 13 heteroatoms. The minimum Gasteiger partial charge on any atom is -0.277 e. The van der Waals surface area contributed by atoms with Crippen LogP contribution in [0.25, 0.3) is 5.82 Å². The van der Waals surface area contributed by atoms with Gasteiger partial charge in [0.05, 0.1) is 15.8 Å². The summed E-state index contributed by atoms with van der Waals surface area (Å²) in [5.74, 6) is -1.66. The highest BCUT2D eigenvalue weighted by atomic mass is 35.5. The van der Waals surface area contributed by atoms with Crippen molar-refractivity contribution in [3.05, 3.63) is 32.4 Å². The van der Waals surface area contributed by atoms with Gasteiger partial charge in [0.25, 0.3) is 6.43 Å². The van der Waals surface area contributed by atoms with Crippen LogP contribution in [0.1, 0.15) is 19.2 Å². The first-order valence-electron chi connectivity index (χ1n) is 6.38. The third kappa shape index (κ3) is 3.52. The van der Waals surface area contributed by atoms with E-state index >= 15 is 0 Å². The van der Waals surface area contributed by atoms with Crippen LogP contribution < -0.4 is 10.4 Å². The van der Waals surface area contributed by atoms with Crippen LogP contribution in [0.2, 0.25) is 10.0 Å². The van der Waals surface area contributed by atoms with Crippen LogP contribution in [0.4, 0.5) is 14.6 Å². The van der Waals surface area contributed by atoms with E-state index in [9.17, 15) is 22.0 Å². The highest BCUT2D eigenvalue weighted by Crippen LogP contribution is 2.28. The number of hydrogen-bond donors (Lipinski definition) is 1. The Morgan fingerprint density at radius 2 is 1.96 bits per heavy atom. The zero-order valence-corrected chi connectivity index (χ0v) is 14.6. The normalized spacial score (nSPS) is 12.0. The second-order valence-electron chi connectivity index (χ2n) is 4.54. The Morgan fingerprint density at radius 1 is 1.33 bits per heavy atom. The number of nitrogens with one attached hydrogen (secondary N) is 1. The summed E-state index contributed by atoms with van der Waals surface area (Å²) in [4.78, 5) is 15.9. The maximum atomic E-state index is 12.8. The third-order valence-electron chi connectivity index (χ3n) is 2.95. The summed E-state index contributed by atoms with van der Waals surface area (Å²) in [6, 6.07) is 1.13. The number of anilines is 1. The van der Waals surface area contributed by atoms with Gasteiger partial charge in [-0.05, 0) is 13.0 Å². The van der Waals surface area contributed by atoms with Crippen molar-refractivity contribution in [3.8, 4) is 5.82 Å². The molecule has 0 unspecified atom stereocenters. The molecule has 0 aliphatic rings. The van der Waals surface area contributed by atoms with Gasteiger partial charge >= 0.3 is 5.69 Å². The molecule has 0 aliphatic carbocycles. The van der Waals surface area contributed by atoms with Gasteiger partial charge in [-0.15, -0.1) is 5.10 Å². The van der Waals surface area contributed by atoms with Gasteiger partial charge in [0.15, 0.2) is 11.6 Å².